The van der Waals surface area contributed by atoms with E-state index in [1.54, 1.807) is 12.4 Å². The average molecular weight is 284 g/mol. The second kappa shape index (κ2) is 7.06. The summed E-state index contributed by atoms with van der Waals surface area (Å²) in [4.78, 5) is 17.7. The summed E-state index contributed by atoms with van der Waals surface area (Å²) in [5.41, 5.74) is 7.14. The molecule has 1 fully saturated rings. The lowest BCUT2D eigenvalue weighted by molar-refractivity contribution is -0.122. The number of carbonyl (C=O) groups excluding carboxylic acids is 1. The Labute approximate surface area is 118 Å². The largest absolute Gasteiger partial charge is 0.368 e. The minimum absolute atomic E-state index is 0. The van der Waals surface area contributed by atoms with E-state index in [2.05, 4.69) is 15.0 Å². The third-order valence-corrected chi connectivity index (χ3v) is 3.13. The first-order valence-corrected chi connectivity index (χ1v) is 5.92. The highest BCUT2D eigenvalue weighted by Crippen LogP contribution is 2.19. The Morgan fingerprint density at radius 2 is 2.37 bits per heavy atom. The van der Waals surface area contributed by atoms with Crippen molar-refractivity contribution in [3.05, 3.63) is 29.6 Å². The van der Waals surface area contributed by atoms with Gasteiger partial charge in [-0.05, 0) is 31.5 Å². The molecular formula is C12H18ClN5O. The second-order valence-corrected chi connectivity index (χ2v) is 4.39. The number of likely N-dealkylation sites (tertiary alicyclic amines) is 1. The smallest absolute Gasteiger partial charge is 0.234 e. The van der Waals surface area contributed by atoms with Gasteiger partial charge in [0.1, 0.15) is 0 Å². The van der Waals surface area contributed by atoms with E-state index >= 15 is 0 Å². The van der Waals surface area contributed by atoms with Gasteiger partial charge in [-0.1, -0.05) is 0 Å². The molecule has 1 aliphatic rings. The number of halogens is 1. The molecule has 0 radical (unpaired) electrons. The molecule has 1 aromatic heterocycles. The van der Waals surface area contributed by atoms with Crippen molar-refractivity contribution in [2.75, 3.05) is 6.54 Å². The van der Waals surface area contributed by atoms with Gasteiger partial charge in [0, 0.05) is 18.3 Å². The Morgan fingerprint density at radius 1 is 1.58 bits per heavy atom. The van der Waals surface area contributed by atoms with E-state index in [0.29, 0.717) is 6.54 Å². The highest BCUT2D eigenvalue weighted by atomic mass is 35.5. The van der Waals surface area contributed by atoms with Crippen LogP contribution in [0.2, 0.25) is 0 Å². The molecule has 4 N–H and O–H groups in total. The molecule has 0 bridgehead atoms. The van der Waals surface area contributed by atoms with Gasteiger partial charge in [0.2, 0.25) is 5.91 Å². The summed E-state index contributed by atoms with van der Waals surface area (Å²) in [5, 5.41) is 3.44. The van der Waals surface area contributed by atoms with Crippen molar-refractivity contribution < 1.29 is 4.79 Å². The number of amides is 1. The first-order valence-electron chi connectivity index (χ1n) is 5.92. The molecule has 0 spiro atoms. The molecule has 1 amide bonds. The van der Waals surface area contributed by atoms with Crippen molar-refractivity contribution in [3.63, 3.8) is 0 Å². The van der Waals surface area contributed by atoms with Gasteiger partial charge in [-0.15, -0.1) is 12.4 Å². The predicted molar refractivity (Wildman–Crippen MR) is 75.9 cm³/mol. The standard InChI is InChI=1S/C12H17N5O.ClH/c13-12(18)11-2-1-5-17(11)8-10-4-3-9(6-15-10)7-16-14;/h3-4,6-7,11H,1-2,5,8,14H2,(H2,13,18);1H/t11-;/m0./s1. The van der Waals surface area contributed by atoms with Crippen LogP contribution in [0.3, 0.4) is 0 Å². The van der Waals surface area contributed by atoms with Gasteiger partial charge >= 0.3 is 0 Å². The number of nitrogens with zero attached hydrogens (tertiary/aromatic N) is 3. The number of primary amides is 1. The number of aromatic nitrogens is 1. The topological polar surface area (TPSA) is 97.6 Å². The highest BCUT2D eigenvalue weighted by molar-refractivity contribution is 5.85. The minimum Gasteiger partial charge on any atom is -0.368 e. The van der Waals surface area contributed by atoms with Crippen LogP contribution in [0.5, 0.6) is 0 Å². The summed E-state index contributed by atoms with van der Waals surface area (Å²) < 4.78 is 0. The van der Waals surface area contributed by atoms with Crippen LogP contribution < -0.4 is 11.6 Å². The Kier molecular flexibility index (Phi) is 5.72. The molecule has 1 aliphatic heterocycles. The van der Waals surface area contributed by atoms with E-state index in [-0.39, 0.29) is 24.4 Å². The molecule has 104 valence electrons. The summed E-state index contributed by atoms with van der Waals surface area (Å²) in [6.07, 6.45) is 5.10. The first-order chi connectivity index (χ1) is 8.70. The number of rotatable bonds is 4. The third kappa shape index (κ3) is 3.90. The third-order valence-electron chi connectivity index (χ3n) is 3.13. The number of hydrogen-bond donors (Lipinski definition) is 2. The summed E-state index contributed by atoms with van der Waals surface area (Å²) >= 11 is 0. The fourth-order valence-electron chi connectivity index (χ4n) is 2.24. The number of pyridine rings is 1. The maximum Gasteiger partial charge on any atom is 0.234 e. The average Bonchev–Trinajstić information content (AvgIpc) is 2.80. The Morgan fingerprint density at radius 3 is 2.95 bits per heavy atom. The quantitative estimate of drug-likeness (QED) is 0.470. The van der Waals surface area contributed by atoms with E-state index in [0.717, 1.165) is 30.6 Å². The SMILES string of the molecule is Cl.NN=Cc1ccc(CN2CCC[C@H]2C(N)=O)nc1. The number of nitrogens with two attached hydrogens (primary N) is 2. The van der Waals surface area contributed by atoms with Gasteiger partial charge in [-0.3, -0.25) is 14.7 Å². The molecule has 2 rings (SSSR count). The van der Waals surface area contributed by atoms with Crippen LogP contribution in [0, 0.1) is 0 Å². The van der Waals surface area contributed by atoms with Crippen LogP contribution in [0.4, 0.5) is 0 Å². The van der Waals surface area contributed by atoms with Gasteiger partial charge in [-0.25, -0.2) is 0 Å². The lowest BCUT2D eigenvalue weighted by Gasteiger charge is -2.21. The van der Waals surface area contributed by atoms with Gasteiger partial charge < -0.3 is 11.6 Å². The molecule has 7 heteroatoms. The normalized spacial score (nSPS) is 19.5. The summed E-state index contributed by atoms with van der Waals surface area (Å²) in [6, 6.07) is 3.65. The zero-order valence-corrected chi connectivity index (χ0v) is 11.3. The Bertz CT molecular complexity index is 448. The fourth-order valence-corrected chi connectivity index (χ4v) is 2.24. The fraction of sp³-hybridized carbons (Fsp3) is 0.417. The molecule has 19 heavy (non-hydrogen) atoms. The number of hydrogen-bond acceptors (Lipinski definition) is 5. The molecule has 0 aromatic carbocycles. The molecule has 1 aromatic rings. The van der Waals surface area contributed by atoms with E-state index < -0.39 is 0 Å². The van der Waals surface area contributed by atoms with Crippen LogP contribution >= 0.6 is 12.4 Å². The monoisotopic (exact) mass is 283 g/mol. The van der Waals surface area contributed by atoms with Crippen molar-refractivity contribution in [2.24, 2.45) is 16.7 Å². The Balaban J connectivity index is 0.00000180. The molecule has 0 aliphatic carbocycles. The van der Waals surface area contributed by atoms with E-state index in [1.165, 1.54) is 0 Å². The maximum atomic E-state index is 11.3. The van der Waals surface area contributed by atoms with Gasteiger partial charge in [0.05, 0.1) is 18.0 Å². The molecule has 6 nitrogen and oxygen atoms in total. The zero-order chi connectivity index (χ0) is 13.0. The second-order valence-electron chi connectivity index (χ2n) is 4.39. The predicted octanol–water partition coefficient (Wildman–Crippen LogP) is 0.246. The van der Waals surface area contributed by atoms with Crippen LogP contribution in [-0.4, -0.2) is 34.6 Å². The first kappa shape index (κ1) is 15.4. The van der Waals surface area contributed by atoms with Gasteiger partial charge in [0.25, 0.3) is 0 Å². The molecule has 1 atom stereocenters. The van der Waals surface area contributed by atoms with Crippen molar-refractivity contribution in [3.8, 4) is 0 Å². The van der Waals surface area contributed by atoms with Crippen LogP contribution in [-0.2, 0) is 11.3 Å². The van der Waals surface area contributed by atoms with Crippen LogP contribution in [0.1, 0.15) is 24.1 Å². The van der Waals surface area contributed by atoms with E-state index in [4.69, 9.17) is 11.6 Å². The summed E-state index contributed by atoms with van der Waals surface area (Å²) in [6.45, 7) is 1.54. The molecule has 1 saturated heterocycles. The van der Waals surface area contributed by atoms with Crippen LogP contribution in [0.15, 0.2) is 23.4 Å². The molecule has 0 unspecified atom stereocenters. The maximum absolute atomic E-state index is 11.3. The lowest BCUT2D eigenvalue weighted by atomic mass is 10.2. The molecular weight excluding hydrogens is 266 g/mol. The van der Waals surface area contributed by atoms with Crippen molar-refractivity contribution in [1.29, 1.82) is 0 Å². The molecule has 2 heterocycles. The van der Waals surface area contributed by atoms with Crippen molar-refractivity contribution in [2.45, 2.75) is 25.4 Å². The van der Waals surface area contributed by atoms with E-state index in [1.807, 2.05) is 12.1 Å². The van der Waals surface area contributed by atoms with Gasteiger partial charge in [-0.2, -0.15) is 5.10 Å². The Hall–Kier alpha value is -1.66. The summed E-state index contributed by atoms with van der Waals surface area (Å²) in [7, 11) is 0. The van der Waals surface area contributed by atoms with Crippen molar-refractivity contribution >= 4 is 24.5 Å². The van der Waals surface area contributed by atoms with Crippen molar-refractivity contribution in [1.82, 2.24) is 9.88 Å². The zero-order valence-electron chi connectivity index (χ0n) is 10.5. The van der Waals surface area contributed by atoms with E-state index in [9.17, 15) is 4.79 Å². The highest BCUT2D eigenvalue weighted by Gasteiger charge is 2.28. The van der Waals surface area contributed by atoms with Gasteiger partial charge in [0.15, 0.2) is 0 Å². The lowest BCUT2D eigenvalue weighted by Crippen LogP contribution is -2.39. The van der Waals surface area contributed by atoms with Crippen LogP contribution in [0.25, 0.3) is 0 Å². The summed E-state index contributed by atoms with van der Waals surface area (Å²) in [5.74, 6) is 4.81. The molecule has 0 saturated carbocycles. The minimum atomic E-state index is -0.251. The number of carbonyl (C=O) groups is 1. The number of hydrazone groups is 1.